The fourth-order valence-electron chi connectivity index (χ4n) is 2.07. The Morgan fingerprint density at radius 3 is 2.56 bits per heavy atom. The van der Waals surface area contributed by atoms with E-state index in [4.69, 9.17) is 4.42 Å². The zero-order valence-corrected chi connectivity index (χ0v) is 10.1. The summed E-state index contributed by atoms with van der Waals surface area (Å²) in [7, 11) is 0. The quantitative estimate of drug-likeness (QED) is 0.598. The lowest BCUT2D eigenvalue weighted by Gasteiger charge is -2.04. The second-order valence-electron chi connectivity index (χ2n) is 4.42. The standard InChI is InChI=1S/C16H12O2/c1-10(2)11-7-8-15-13(9-11)16(17)12-5-3-4-6-14(12)18-15/h3-9H,1H2,2H3. The average molecular weight is 236 g/mol. The molecule has 88 valence electrons. The molecular formula is C16H12O2. The monoisotopic (exact) mass is 236 g/mol. The normalized spacial score (nSPS) is 10.9. The first-order chi connectivity index (χ1) is 8.66. The van der Waals surface area contributed by atoms with Crippen molar-refractivity contribution in [1.82, 2.24) is 0 Å². The molecule has 0 radical (unpaired) electrons. The summed E-state index contributed by atoms with van der Waals surface area (Å²) >= 11 is 0. The number of hydrogen-bond acceptors (Lipinski definition) is 2. The maximum Gasteiger partial charge on any atom is 0.200 e. The highest BCUT2D eigenvalue weighted by molar-refractivity contribution is 5.91. The van der Waals surface area contributed by atoms with Gasteiger partial charge in [-0.05, 0) is 36.8 Å². The molecule has 2 nitrogen and oxygen atoms in total. The van der Waals surface area contributed by atoms with E-state index in [-0.39, 0.29) is 5.43 Å². The van der Waals surface area contributed by atoms with Crippen LogP contribution in [0.1, 0.15) is 12.5 Å². The molecule has 2 aromatic carbocycles. The lowest BCUT2D eigenvalue weighted by atomic mass is 10.1. The Hall–Kier alpha value is -2.35. The Bertz CT molecular complexity index is 825. The van der Waals surface area contributed by atoms with Crippen LogP contribution in [0.3, 0.4) is 0 Å². The summed E-state index contributed by atoms with van der Waals surface area (Å²) in [4.78, 5) is 12.4. The summed E-state index contributed by atoms with van der Waals surface area (Å²) in [6.07, 6.45) is 0. The van der Waals surface area contributed by atoms with Gasteiger partial charge in [-0.3, -0.25) is 4.79 Å². The summed E-state index contributed by atoms with van der Waals surface area (Å²) in [5.41, 5.74) is 3.14. The number of fused-ring (bicyclic) bond motifs is 2. The average Bonchev–Trinajstić information content (AvgIpc) is 2.38. The minimum Gasteiger partial charge on any atom is -0.456 e. The highest BCUT2D eigenvalue weighted by atomic mass is 16.3. The van der Waals surface area contributed by atoms with E-state index >= 15 is 0 Å². The number of para-hydroxylation sites is 1. The van der Waals surface area contributed by atoms with Crippen LogP contribution >= 0.6 is 0 Å². The van der Waals surface area contributed by atoms with Crippen molar-refractivity contribution in [1.29, 1.82) is 0 Å². The van der Waals surface area contributed by atoms with Crippen LogP contribution in [-0.2, 0) is 0 Å². The number of hydrogen-bond donors (Lipinski definition) is 0. The van der Waals surface area contributed by atoms with Gasteiger partial charge < -0.3 is 4.42 Å². The van der Waals surface area contributed by atoms with E-state index in [1.165, 1.54) is 0 Å². The highest BCUT2D eigenvalue weighted by Gasteiger charge is 2.07. The van der Waals surface area contributed by atoms with Crippen molar-refractivity contribution in [2.75, 3.05) is 0 Å². The van der Waals surface area contributed by atoms with Gasteiger partial charge >= 0.3 is 0 Å². The Kier molecular flexibility index (Phi) is 2.30. The molecule has 18 heavy (non-hydrogen) atoms. The van der Waals surface area contributed by atoms with E-state index in [1.54, 1.807) is 6.07 Å². The highest BCUT2D eigenvalue weighted by Crippen LogP contribution is 2.21. The molecule has 0 bridgehead atoms. The number of allylic oxidation sites excluding steroid dienone is 1. The first kappa shape index (κ1) is 10.8. The van der Waals surface area contributed by atoms with Crippen LogP contribution in [0.25, 0.3) is 27.5 Å². The second-order valence-corrected chi connectivity index (χ2v) is 4.42. The van der Waals surface area contributed by atoms with Crippen molar-refractivity contribution in [3.8, 4) is 0 Å². The van der Waals surface area contributed by atoms with Gasteiger partial charge in [-0.1, -0.05) is 30.4 Å². The molecule has 0 aliphatic heterocycles. The molecule has 3 aromatic rings. The molecule has 0 atom stereocenters. The summed E-state index contributed by atoms with van der Waals surface area (Å²) in [6.45, 7) is 5.81. The molecule has 0 saturated carbocycles. The number of rotatable bonds is 1. The Morgan fingerprint density at radius 2 is 1.78 bits per heavy atom. The topological polar surface area (TPSA) is 30.2 Å². The zero-order valence-electron chi connectivity index (χ0n) is 10.1. The van der Waals surface area contributed by atoms with Crippen LogP contribution in [0.4, 0.5) is 0 Å². The molecule has 0 aliphatic carbocycles. The first-order valence-corrected chi connectivity index (χ1v) is 5.78. The van der Waals surface area contributed by atoms with Gasteiger partial charge in [0, 0.05) is 0 Å². The SMILES string of the molecule is C=C(C)c1ccc2oc3ccccc3c(=O)c2c1. The predicted molar refractivity (Wildman–Crippen MR) is 74.7 cm³/mol. The largest absolute Gasteiger partial charge is 0.456 e. The molecule has 3 rings (SSSR count). The Labute approximate surface area is 104 Å². The lowest BCUT2D eigenvalue weighted by molar-refractivity contribution is 0.660. The van der Waals surface area contributed by atoms with Crippen molar-refractivity contribution in [2.45, 2.75) is 6.92 Å². The molecule has 2 heteroatoms. The minimum absolute atomic E-state index is 0.00921. The van der Waals surface area contributed by atoms with Gasteiger partial charge in [0.05, 0.1) is 10.8 Å². The third-order valence-electron chi connectivity index (χ3n) is 3.07. The fourth-order valence-corrected chi connectivity index (χ4v) is 2.07. The maximum absolute atomic E-state index is 12.4. The van der Waals surface area contributed by atoms with Gasteiger partial charge in [-0.15, -0.1) is 0 Å². The third-order valence-corrected chi connectivity index (χ3v) is 3.07. The van der Waals surface area contributed by atoms with E-state index in [1.807, 2.05) is 43.3 Å². The van der Waals surface area contributed by atoms with Crippen LogP contribution in [0.15, 0.2) is 58.3 Å². The minimum atomic E-state index is 0.00921. The molecule has 0 saturated heterocycles. The van der Waals surface area contributed by atoms with Crippen molar-refractivity contribution in [3.63, 3.8) is 0 Å². The Morgan fingerprint density at radius 1 is 1.06 bits per heavy atom. The molecule has 1 heterocycles. The third kappa shape index (κ3) is 1.54. The van der Waals surface area contributed by atoms with E-state index in [0.29, 0.717) is 21.9 Å². The van der Waals surface area contributed by atoms with Gasteiger partial charge in [0.25, 0.3) is 0 Å². The molecule has 0 N–H and O–H groups in total. The fraction of sp³-hybridized carbons (Fsp3) is 0.0625. The molecule has 0 spiro atoms. The summed E-state index contributed by atoms with van der Waals surface area (Å²) < 4.78 is 5.73. The van der Waals surface area contributed by atoms with Crippen molar-refractivity contribution in [3.05, 3.63) is 64.8 Å². The van der Waals surface area contributed by atoms with E-state index in [0.717, 1.165) is 11.1 Å². The van der Waals surface area contributed by atoms with Gasteiger partial charge in [0.1, 0.15) is 11.2 Å². The zero-order chi connectivity index (χ0) is 12.7. The molecule has 0 fully saturated rings. The smallest absolute Gasteiger partial charge is 0.200 e. The van der Waals surface area contributed by atoms with Crippen LogP contribution < -0.4 is 5.43 Å². The molecular weight excluding hydrogens is 224 g/mol. The first-order valence-electron chi connectivity index (χ1n) is 5.78. The van der Waals surface area contributed by atoms with Gasteiger partial charge in [0.2, 0.25) is 5.43 Å². The van der Waals surface area contributed by atoms with E-state index in [2.05, 4.69) is 6.58 Å². The Balaban J connectivity index is 2.49. The van der Waals surface area contributed by atoms with Crippen LogP contribution in [-0.4, -0.2) is 0 Å². The van der Waals surface area contributed by atoms with Gasteiger partial charge in [-0.25, -0.2) is 0 Å². The molecule has 0 amide bonds. The van der Waals surface area contributed by atoms with E-state index < -0.39 is 0 Å². The van der Waals surface area contributed by atoms with Crippen molar-refractivity contribution >= 4 is 27.5 Å². The molecule has 0 aliphatic rings. The predicted octanol–water partition coefficient (Wildman–Crippen LogP) is 3.98. The van der Waals surface area contributed by atoms with Crippen molar-refractivity contribution in [2.24, 2.45) is 0 Å². The van der Waals surface area contributed by atoms with Gasteiger partial charge in [0.15, 0.2) is 0 Å². The molecule has 1 aromatic heterocycles. The summed E-state index contributed by atoms with van der Waals surface area (Å²) in [5, 5.41) is 1.22. The second kappa shape index (κ2) is 3.84. The van der Waals surface area contributed by atoms with Crippen LogP contribution in [0.5, 0.6) is 0 Å². The van der Waals surface area contributed by atoms with Crippen molar-refractivity contribution < 1.29 is 4.42 Å². The van der Waals surface area contributed by atoms with E-state index in [9.17, 15) is 4.79 Å². The van der Waals surface area contributed by atoms with Gasteiger partial charge in [-0.2, -0.15) is 0 Å². The molecule has 0 unspecified atom stereocenters. The lowest BCUT2D eigenvalue weighted by Crippen LogP contribution is -2.02. The van der Waals surface area contributed by atoms with Crippen LogP contribution in [0, 0.1) is 0 Å². The number of benzene rings is 2. The van der Waals surface area contributed by atoms with Crippen LogP contribution in [0.2, 0.25) is 0 Å². The summed E-state index contributed by atoms with van der Waals surface area (Å²) in [6, 6.07) is 12.9. The summed E-state index contributed by atoms with van der Waals surface area (Å²) in [5.74, 6) is 0. The maximum atomic E-state index is 12.4.